The van der Waals surface area contributed by atoms with Crippen LogP contribution in [0.5, 0.6) is 0 Å². The van der Waals surface area contributed by atoms with Crippen molar-refractivity contribution in [3.63, 3.8) is 0 Å². The maximum atomic E-state index is 11.0. The number of nitrogens with one attached hydrogen (secondary N) is 1. The number of hydrogen-bond donors (Lipinski definition) is 2. The number of fused-ring (bicyclic) bond motifs is 1. The number of amides is 1. The van der Waals surface area contributed by atoms with Gasteiger partial charge >= 0.3 is 6.09 Å². The van der Waals surface area contributed by atoms with Gasteiger partial charge in [-0.1, -0.05) is 35.3 Å². The summed E-state index contributed by atoms with van der Waals surface area (Å²) in [4.78, 5) is 26.8. The molecule has 1 aromatic carbocycles. The lowest BCUT2D eigenvalue weighted by Gasteiger charge is -2.39. The fraction of sp³-hybridized carbons (Fsp3) is 0.300. The summed E-state index contributed by atoms with van der Waals surface area (Å²) in [6, 6.07) is 9.14. The number of carbonyl (C=O) groups is 1. The highest BCUT2D eigenvalue weighted by molar-refractivity contribution is 6.43. The quantitative estimate of drug-likeness (QED) is 0.628. The Morgan fingerprint density at radius 1 is 1.17 bits per heavy atom. The molecule has 3 heterocycles. The highest BCUT2D eigenvalue weighted by Gasteiger charge is 2.32. The standard InChI is InChI=1S/C20H19Cl2N5O2/c1-20(26-19(28)29)7-9-27(10-8-20)16-11-23-18-15(24-16)6-5-14(25-18)12-3-2-4-13(21)17(12)22/h2-6,11,26H,7-10H2,1H3,(H,28,29). The fourth-order valence-corrected chi connectivity index (χ4v) is 3.91. The van der Waals surface area contributed by atoms with Crippen molar-refractivity contribution in [3.05, 3.63) is 46.6 Å². The summed E-state index contributed by atoms with van der Waals surface area (Å²) in [6.45, 7) is 3.32. The molecule has 0 unspecified atom stereocenters. The highest BCUT2D eigenvalue weighted by atomic mass is 35.5. The minimum absolute atomic E-state index is 0.417. The zero-order chi connectivity index (χ0) is 20.6. The van der Waals surface area contributed by atoms with Gasteiger partial charge in [0, 0.05) is 24.2 Å². The van der Waals surface area contributed by atoms with E-state index in [-0.39, 0.29) is 0 Å². The monoisotopic (exact) mass is 431 g/mol. The number of aromatic nitrogens is 3. The van der Waals surface area contributed by atoms with Gasteiger partial charge in [0.05, 0.1) is 21.9 Å². The number of hydrogen-bond acceptors (Lipinski definition) is 5. The molecular weight excluding hydrogens is 413 g/mol. The number of piperidine rings is 1. The van der Waals surface area contributed by atoms with E-state index in [1.54, 1.807) is 12.3 Å². The summed E-state index contributed by atoms with van der Waals surface area (Å²) < 4.78 is 0. The molecule has 2 N–H and O–H groups in total. The predicted octanol–water partition coefficient (Wildman–Crippen LogP) is 4.63. The van der Waals surface area contributed by atoms with Gasteiger partial charge in [-0.3, -0.25) is 0 Å². The second kappa shape index (κ2) is 7.65. The van der Waals surface area contributed by atoms with Crippen molar-refractivity contribution in [3.8, 4) is 11.3 Å². The largest absolute Gasteiger partial charge is 0.465 e. The summed E-state index contributed by atoms with van der Waals surface area (Å²) in [5, 5.41) is 12.5. The predicted molar refractivity (Wildman–Crippen MR) is 114 cm³/mol. The van der Waals surface area contributed by atoms with Gasteiger partial charge in [0.25, 0.3) is 0 Å². The topological polar surface area (TPSA) is 91.2 Å². The highest BCUT2D eigenvalue weighted by Crippen LogP contribution is 2.33. The molecule has 2 aromatic heterocycles. The van der Waals surface area contributed by atoms with Crippen LogP contribution in [0, 0.1) is 0 Å². The molecule has 29 heavy (non-hydrogen) atoms. The smallest absolute Gasteiger partial charge is 0.405 e. The third-order valence-corrected chi connectivity index (χ3v) is 6.04. The van der Waals surface area contributed by atoms with Crippen LogP contribution in [0.4, 0.5) is 10.6 Å². The van der Waals surface area contributed by atoms with Crippen molar-refractivity contribution in [2.45, 2.75) is 25.3 Å². The fourth-order valence-electron chi connectivity index (χ4n) is 3.51. The normalized spacial score (nSPS) is 16.0. The Morgan fingerprint density at radius 2 is 1.93 bits per heavy atom. The molecule has 3 aromatic rings. The Morgan fingerprint density at radius 3 is 2.66 bits per heavy atom. The van der Waals surface area contributed by atoms with Crippen molar-refractivity contribution < 1.29 is 9.90 Å². The van der Waals surface area contributed by atoms with Gasteiger partial charge in [-0.25, -0.2) is 19.7 Å². The summed E-state index contributed by atoms with van der Waals surface area (Å²) in [5.41, 5.74) is 2.21. The van der Waals surface area contributed by atoms with Gasteiger partial charge in [-0.05, 0) is 38.0 Å². The average molecular weight is 432 g/mol. The number of halogens is 2. The average Bonchev–Trinajstić information content (AvgIpc) is 2.69. The number of anilines is 1. The third kappa shape index (κ3) is 4.06. The number of rotatable bonds is 3. The lowest BCUT2D eigenvalue weighted by molar-refractivity contribution is 0.173. The SMILES string of the molecule is CC1(NC(=O)O)CCN(c2cnc3nc(-c4cccc(Cl)c4Cl)ccc3n2)CC1. The van der Waals surface area contributed by atoms with Crippen molar-refractivity contribution in [2.24, 2.45) is 0 Å². The number of benzene rings is 1. The van der Waals surface area contributed by atoms with E-state index in [0.717, 1.165) is 11.4 Å². The molecule has 0 radical (unpaired) electrons. The summed E-state index contributed by atoms with van der Waals surface area (Å²) in [6.07, 6.45) is 2.10. The van der Waals surface area contributed by atoms with E-state index in [4.69, 9.17) is 28.3 Å². The van der Waals surface area contributed by atoms with Gasteiger partial charge in [-0.15, -0.1) is 0 Å². The molecule has 1 amide bonds. The minimum atomic E-state index is -0.992. The van der Waals surface area contributed by atoms with Crippen LogP contribution in [0.2, 0.25) is 10.0 Å². The van der Waals surface area contributed by atoms with E-state index < -0.39 is 11.6 Å². The summed E-state index contributed by atoms with van der Waals surface area (Å²) >= 11 is 12.4. The summed E-state index contributed by atoms with van der Waals surface area (Å²) in [7, 11) is 0. The second-order valence-electron chi connectivity index (χ2n) is 7.35. The van der Waals surface area contributed by atoms with Crippen molar-refractivity contribution in [1.82, 2.24) is 20.3 Å². The van der Waals surface area contributed by atoms with Crippen LogP contribution in [0.3, 0.4) is 0 Å². The van der Waals surface area contributed by atoms with E-state index in [9.17, 15) is 4.79 Å². The molecule has 1 saturated heterocycles. The zero-order valence-electron chi connectivity index (χ0n) is 15.7. The summed E-state index contributed by atoms with van der Waals surface area (Å²) in [5.74, 6) is 0.755. The molecule has 4 rings (SSSR count). The first-order valence-electron chi connectivity index (χ1n) is 9.19. The van der Waals surface area contributed by atoms with E-state index in [1.807, 2.05) is 31.2 Å². The van der Waals surface area contributed by atoms with Gasteiger partial charge in [0.1, 0.15) is 11.3 Å². The molecule has 0 aliphatic carbocycles. The first-order valence-corrected chi connectivity index (χ1v) is 9.94. The van der Waals surface area contributed by atoms with E-state index in [2.05, 4.69) is 25.2 Å². The van der Waals surface area contributed by atoms with Crippen molar-refractivity contribution in [1.29, 1.82) is 0 Å². The molecule has 0 bridgehead atoms. The van der Waals surface area contributed by atoms with Crippen LogP contribution < -0.4 is 10.2 Å². The molecule has 0 atom stereocenters. The maximum Gasteiger partial charge on any atom is 0.405 e. The van der Waals surface area contributed by atoms with E-state index >= 15 is 0 Å². The minimum Gasteiger partial charge on any atom is -0.465 e. The van der Waals surface area contributed by atoms with Crippen LogP contribution in [0.1, 0.15) is 19.8 Å². The molecule has 0 spiro atoms. The van der Waals surface area contributed by atoms with Gasteiger partial charge in [-0.2, -0.15) is 0 Å². The van der Waals surface area contributed by atoms with Crippen LogP contribution in [0.25, 0.3) is 22.4 Å². The Hall–Kier alpha value is -2.64. The van der Waals surface area contributed by atoms with Crippen LogP contribution in [-0.4, -0.2) is 44.8 Å². The van der Waals surface area contributed by atoms with Crippen molar-refractivity contribution in [2.75, 3.05) is 18.0 Å². The van der Waals surface area contributed by atoms with Crippen molar-refractivity contribution >= 4 is 46.3 Å². The van der Waals surface area contributed by atoms with Crippen LogP contribution >= 0.6 is 23.2 Å². The Labute approximate surface area is 177 Å². The molecule has 0 saturated carbocycles. The third-order valence-electron chi connectivity index (χ3n) is 5.22. The van der Waals surface area contributed by atoms with Gasteiger partial charge in [0.15, 0.2) is 5.65 Å². The number of carboxylic acid groups (broad SMARTS) is 1. The molecule has 1 fully saturated rings. The molecule has 9 heteroatoms. The maximum absolute atomic E-state index is 11.0. The molecule has 150 valence electrons. The second-order valence-corrected chi connectivity index (χ2v) is 8.13. The molecular formula is C20H19Cl2N5O2. The molecule has 7 nitrogen and oxygen atoms in total. The molecule has 1 aliphatic rings. The molecule has 1 aliphatic heterocycles. The Kier molecular flexibility index (Phi) is 5.19. The Balaban J connectivity index is 1.57. The van der Waals surface area contributed by atoms with E-state index in [1.165, 1.54) is 0 Å². The number of nitrogens with zero attached hydrogens (tertiary/aromatic N) is 4. The Bertz CT molecular complexity index is 1080. The van der Waals surface area contributed by atoms with Gasteiger partial charge in [0.2, 0.25) is 0 Å². The lowest BCUT2D eigenvalue weighted by Crippen LogP contribution is -2.53. The first-order chi connectivity index (χ1) is 13.8. The first kappa shape index (κ1) is 19.7. The number of pyridine rings is 1. The van der Waals surface area contributed by atoms with Gasteiger partial charge < -0.3 is 15.3 Å². The zero-order valence-corrected chi connectivity index (χ0v) is 17.2. The van der Waals surface area contributed by atoms with Crippen LogP contribution in [0.15, 0.2) is 36.5 Å². The van der Waals surface area contributed by atoms with Crippen LogP contribution in [-0.2, 0) is 0 Å². The lowest BCUT2D eigenvalue weighted by atomic mass is 9.90. The van der Waals surface area contributed by atoms with E-state index in [0.29, 0.717) is 52.8 Å².